The Balaban J connectivity index is 0.956. The molecular weight excluding hydrogens is 908 g/mol. The van der Waals surface area contributed by atoms with Crippen LogP contribution in [0.15, 0.2) is 17.2 Å². The maximum Gasteiger partial charge on any atom is 0.435 e. The average molecular weight is 982 g/mol. The van der Waals surface area contributed by atoms with E-state index in [1.165, 1.54) is 0 Å². The van der Waals surface area contributed by atoms with Crippen LogP contribution in [0.3, 0.4) is 0 Å². The van der Waals surface area contributed by atoms with Gasteiger partial charge in [0.1, 0.15) is 23.4 Å². The van der Waals surface area contributed by atoms with Crippen LogP contribution in [-0.2, 0) is 34.8 Å². The number of halogens is 3. The fourth-order valence-electron chi connectivity index (χ4n) is 16.4. The molecule has 4 N–H and O–H groups in total. The molecular formula is C53H74F3N5O9. The normalized spacial score (nSPS) is 37.4. The van der Waals surface area contributed by atoms with Gasteiger partial charge in [0.25, 0.3) is 5.91 Å². The number of aliphatic carboxylic acids is 1. The summed E-state index contributed by atoms with van der Waals surface area (Å²) in [5.74, 6) is -3.31. The molecule has 1 aromatic heterocycles. The lowest BCUT2D eigenvalue weighted by molar-refractivity contribution is -0.235. The maximum atomic E-state index is 14.9. The Kier molecular flexibility index (Phi) is 12.2. The number of esters is 1. The Labute approximate surface area is 409 Å². The molecule has 0 aromatic carbocycles. The van der Waals surface area contributed by atoms with Gasteiger partial charge in [-0.15, -0.1) is 0 Å². The topological polar surface area (TPSA) is 195 Å². The predicted octanol–water partition coefficient (Wildman–Crippen LogP) is 8.80. The Morgan fingerprint density at radius 2 is 1.50 bits per heavy atom. The van der Waals surface area contributed by atoms with Crippen molar-refractivity contribution in [1.82, 2.24) is 25.7 Å². The summed E-state index contributed by atoms with van der Waals surface area (Å²) >= 11 is 0. The van der Waals surface area contributed by atoms with Crippen molar-refractivity contribution in [1.29, 1.82) is 0 Å². The highest BCUT2D eigenvalue weighted by atomic mass is 19.4. The SMILES string of the molecule is CC(C)C1=C2[C@H]3CC[C@@H]4[C@@]5(C)CC[C@H](OC(=O)[C@H]6C[C@@H](C(=O)O)C6(C)C)C(C)(C)[C@@H]5CC[C@@]4(C)[C@]3(C)CC[C@@]2(NC(=O)C2(NC(=O)c3cc(C(F)(F)F)nn3C(=O)OC3CCNCC3)CCC2)CC1=O. The first-order valence-electron chi connectivity index (χ1n) is 26.0. The summed E-state index contributed by atoms with van der Waals surface area (Å²) < 4.78 is 54.4. The second-order valence-corrected chi connectivity index (χ2v) is 25.1. The van der Waals surface area contributed by atoms with E-state index in [-0.39, 0.29) is 76.5 Å². The molecule has 386 valence electrons. The van der Waals surface area contributed by atoms with Crippen LogP contribution in [0.2, 0.25) is 0 Å². The zero-order chi connectivity index (χ0) is 50.9. The Morgan fingerprint density at radius 1 is 0.814 bits per heavy atom. The van der Waals surface area contributed by atoms with E-state index in [4.69, 9.17) is 9.47 Å². The Hall–Kier alpha value is -4.28. The van der Waals surface area contributed by atoms with Crippen LogP contribution < -0.4 is 16.0 Å². The fraction of sp³-hybridized carbons (Fsp3) is 0.792. The van der Waals surface area contributed by atoms with E-state index in [0.717, 1.165) is 49.7 Å². The van der Waals surface area contributed by atoms with Gasteiger partial charge in [0, 0.05) is 17.9 Å². The summed E-state index contributed by atoms with van der Waals surface area (Å²) in [5, 5.41) is 22.4. The van der Waals surface area contributed by atoms with Gasteiger partial charge in [-0.1, -0.05) is 62.3 Å². The smallest absolute Gasteiger partial charge is 0.435 e. The number of carbonyl (C=O) groups excluding carboxylic acids is 5. The molecule has 1 saturated heterocycles. The third-order valence-electron chi connectivity index (χ3n) is 20.8. The van der Waals surface area contributed by atoms with Gasteiger partial charge < -0.3 is 30.5 Å². The fourth-order valence-corrected chi connectivity index (χ4v) is 16.4. The summed E-state index contributed by atoms with van der Waals surface area (Å²) in [6, 6.07) is 0.511. The first kappa shape index (κ1) is 50.7. The van der Waals surface area contributed by atoms with E-state index in [2.05, 4.69) is 55.7 Å². The van der Waals surface area contributed by atoms with E-state index in [1.807, 2.05) is 27.7 Å². The molecule has 10 atom stereocenters. The zero-order valence-corrected chi connectivity index (χ0v) is 42.5. The van der Waals surface area contributed by atoms with Crippen LogP contribution in [0.25, 0.3) is 0 Å². The van der Waals surface area contributed by atoms with Crippen LogP contribution in [-0.4, -0.2) is 86.9 Å². The number of hydrogen-bond acceptors (Lipinski definition) is 10. The first-order chi connectivity index (χ1) is 32.6. The van der Waals surface area contributed by atoms with Crippen molar-refractivity contribution in [3.63, 3.8) is 0 Å². The number of aromatic nitrogens is 2. The number of allylic oxidation sites excluding steroid dienone is 1. The molecule has 9 rings (SSSR count). The number of carbonyl (C=O) groups is 6. The number of amides is 2. The highest BCUT2D eigenvalue weighted by molar-refractivity contribution is 6.04. The highest BCUT2D eigenvalue weighted by Gasteiger charge is 2.71. The van der Waals surface area contributed by atoms with Crippen molar-refractivity contribution in [2.45, 2.75) is 188 Å². The molecule has 1 aromatic rings. The molecule has 0 spiro atoms. The number of carboxylic acid groups (broad SMARTS) is 1. The lowest BCUT2D eigenvalue weighted by Gasteiger charge is -2.72. The zero-order valence-electron chi connectivity index (χ0n) is 42.5. The minimum absolute atomic E-state index is 0.00146. The number of nitrogens with zero attached hydrogens (tertiary/aromatic N) is 2. The number of ether oxygens (including phenoxy) is 2. The van der Waals surface area contributed by atoms with Crippen LogP contribution in [0.1, 0.15) is 175 Å². The molecule has 0 radical (unpaired) electrons. The number of rotatable bonds is 9. The largest absolute Gasteiger partial charge is 0.481 e. The lowest BCUT2D eigenvalue weighted by Crippen LogP contribution is -2.70. The molecule has 70 heavy (non-hydrogen) atoms. The Bertz CT molecular complexity index is 2400. The van der Waals surface area contributed by atoms with E-state index in [9.17, 15) is 47.0 Å². The van der Waals surface area contributed by atoms with Gasteiger partial charge in [0.15, 0.2) is 11.5 Å². The van der Waals surface area contributed by atoms with Crippen molar-refractivity contribution < 1.29 is 56.5 Å². The second kappa shape index (κ2) is 16.9. The number of piperidine rings is 1. The van der Waals surface area contributed by atoms with E-state index in [1.54, 1.807) is 0 Å². The van der Waals surface area contributed by atoms with Gasteiger partial charge in [-0.05, 0) is 159 Å². The number of Topliss-reactive ketones (excluding diaryl/α,β-unsaturated/α-hetero) is 1. The summed E-state index contributed by atoms with van der Waals surface area (Å²) in [7, 11) is 0. The summed E-state index contributed by atoms with van der Waals surface area (Å²) in [5.41, 5.74) is -4.35. The quantitative estimate of drug-likeness (QED) is 0.173. The third-order valence-corrected chi connectivity index (χ3v) is 20.8. The van der Waals surface area contributed by atoms with Gasteiger partial charge in [-0.25, -0.2) is 4.79 Å². The van der Waals surface area contributed by atoms with Crippen molar-refractivity contribution in [2.24, 2.45) is 62.6 Å². The molecule has 14 nitrogen and oxygen atoms in total. The van der Waals surface area contributed by atoms with Crippen LogP contribution in [0, 0.1) is 62.6 Å². The van der Waals surface area contributed by atoms with Crippen molar-refractivity contribution in [3.05, 3.63) is 28.6 Å². The average Bonchev–Trinajstić information content (AvgIpc) is 3.84. The van der Waals surface area contributed by atoms with Gasteiger partial charge in [-0.2, -0.15) is 23.0 Å². The number of alkyl halides is 3. The molecule has 2 amide bonds. The van der Waals surface area contributed by atoms with Crippen LogP contribution in [0.5, 0.6) is 0 Å². The second-order valence-electron chi connectivity index (χ2n) is 25.1. The van der Waals surface area contributed by atoms with Crippen LogP contribution in [0.4, 0.5) is 18.0 Å². The van der Waals surface area contributed by atoms with Gasteiger partial charge in [0.2, 0.25) is 5.91 Å². The monoisotopic (exact) mass is 982 g/mol. The number of fused-ring (bicyclic) bond motifs is 7. The minimum Gasteiger partial charge on any atom is -0.481 e. The van der Waals surface area contributed by atoms with Gasteiger partial charge in [0.05, 0.1) is 17.4 Å². The minimum atomic E-state index is -4.97. The number of carboxylic acids is 1. The molecule has 0 bridgehead atoms. The molecule has 2 heterocycles. The molecule has 6 saturated carbocycles. The molecule has 0 unspecified atom stereocenters. The molecule has 17 heteroatoms. The van der Waals surface area contributed by atoms with Crippen LogP contribution >= 0.6 is 0 Å². The summed E-state index contributed by atoms with van der Waals surface area (Å²) in [4.78, 5) is 82.4. The molecule has 7 fully saturated rings. The first-order valence-corrected chi connectivity index (χ1v) is 26.0. The summed E-state index contributed by atoms with van der Waals surface area (Å²) in [6.07, 6.45) is 1.67. The van der Waals surface area contributed by atoms with E-state index < -0.39 is 75.9 Å². The Morgan fingerprint density at radius 3 is 2.10 bits per heavy atom. The van der Waals surface area contributed by atoms with Gasteiger partial charge >= 0.3 is 24.2 Å². The van der Waals surface area contributed by atoms with Crippen molar-refractivity contribution in [2.75, 3.05) is 13.1 Å². The number of nitrogens with one attached hydrogen (secondary N) is 3. The maximum absolute atomic E-state index is 14.9. The lowest BCUT2D eigenvalue weighted by atomic mass is 9.33. The number of ketones is 1. The predicted molar refractivity (Wildman–Crippen MR) is 250 cm³/mol. The van der Waals surface area contributed by atoms with Crippen molar-refractivity contribution >= 4 is 35.6 Å². The third kappa shape index (κ3) is 7.59. The molecule has 7 aliphatic carbocycles. The number of hydrogen-bond donors (Lipinski definition) is 4. The molecule has 1 aliphatic heterocycles. The van der Waals surface area contributed by atoms with Crippen molar-refractivity contribution in [3.8, 4) is 0 Å². The molecule has 8 aliphatic rings. The standard InChI is InChI=1S/C53H74F3N5O9/c1-28(2)39-34(62)27-52(59-44(67)51(17-10-18-51)58-41(63)33-26-37(53(54,55)56)60-61(33)45(68)69-29-15-23-57-24-16-29)22-21-49(8)30(40(39)52)11-12-36-48(7)19-14-38(47(5,6)35(48)13-20-50(36,49)9)70-43(66)32-25-31(42(64)65)46(32,3)4/h26,28-32,35-36,38,57H,10-25,27H2,1-9H3,(H,58,63)(H,59,67)(H,64,65)/t30-,31+,32-,35+,36-,38+,48+,49-,50-,52-/m1/s1. The van der Waals surface area contributed by atoms with E-state index in [0.29, 0.717) is 68.3 Å². The highest BCUT2D eigenvalue weighted by Crippen LogP contribution is 2.76. The van der Waals surface area contributed by atoms with Gasteiger partial charge in [-0.3, -0.25) is 24.0 Å². The van der Waals surface area contributed by atoms with E-state index >= 15 is 0 Å². The summed E-state index contributed by atoms with van der Waals surface area (Å²) in [6.45, 7) is 20.6.